The van der Waals surface area contributed by atoms with Crippen molar-refractivity contribution in [3.8, 4) is 0 Å². The molecular formula is C49H80N2O15. The van der Waals surface area contributed by atoms with E-state index in [9.17, 15) is 34.5 Å². The Balaban J connectivity index is 1.64. The molecule has 0 spiro atoms. The fourth-order valence-corrected chi connectivity index (χ4v) is 9.54. The van der Waals surface area contributed by atoms with Crippen LogP contribution in [0.15, 0.2) is 30.3 Å². The molecule has 17 nitrogen and oxygen atoms in total. The number of hydrogen-bond donors (Lipinski definition) is 3. The number of hydrogen-bond acceptors (Lipinski definition) is 17. The number of aldehydes is 1. The number of methoxy groups -OCH3 is 1. The zero-order valence-electron chi connectivity index (χ0n) is 41.0. The van der Waals surface area contributed by atoms with Crippen molar-refractivity contribution in [1.29, 1.82) is 0 Å². The summed E-state index contributed by atoms with van der Waals surface area (Å²) in [7, 11) is 4.92. The first-order valence-electron chi connectivity index (χ1n) is 24.0. The third-order valence-corrected chi connectivity index (χ3v) is 13.3. The second-order valence-corrected chi connectivity index (χ2v) is 19.0. The normalized spacial score (nSPS) is 36.7. The number of unbranched alkanes of at least 4 members (excludes halogenated alkanes) is 1. The summed E-state index contributed by atoms with van der Waals surface area (Å²) in [5.74, 6) is -2.74. The largest absolute Gasteiger partial charge is 0.463 e. The van der Waals surface area contributed by atoms with Gasteiger partial charge in [0, 0.05) is 45.9 Å². The van der Waals surface area contributed by atoms with E-state index in [1.165, 1.54) is 12.7 Å². The summed E-state index contributed by atoms with van der Waals surface area (Å²) in [6.45, 7) is 13.6. The first-order chi connectivity index (χ1) is 31.3. The van der Waals surface area contributed by atoms with E-state index in [2.05, 4.69) is 17.0 Å². The van der Waals surface area contributed by atoms with E-state index in [-0.39, 0.29) is 44.4 Å². The molecule has 16 atom stereocenters. The van der Waals surface area contributed by atoms with E-state index in [1.807, 2.05) is 25.1 Å². The van der Waals surface area contributed by atoms with Crippen LogP contribution in [0.3, 0.4) is 0 Å². The van der Waals surface area contributed by atoms with Crippen molar-refractivity contribution in [2.75, 3.05) is 40.8 Å². The number of aryl methyl sites for hydroxylation is 1. The highest BCUT2D eigenvalue weighted by atomic mass is 16.7. The molecule has 3 aliphatic rings. The van der Waals surface area contributed by atoms with E-state index in [0.717, 1.165) is 25.5 Å². The molecule has 3 aliphatic heterocycles. The Morgan fingerprint density at radius 2 is 1.62 bits per heavy atom. The highest BCUT2D eigenvalue weighted by molar-refractivity contribution is 5.72. The maximum absolute atomic E-state index is 13.7. The minimum atomic E-state index is -1.49. The predicted molar refractivity (Wildman–Crippen MR) is 243 cm³/mol. The van der Waals surface area contributed by atoms with Gasteiger partial charge in [-0.15, -0.1) is 0 Å². The van der Waals surface area contributed by atoms with Gasteiger partial charge in [-0.2, -0.15) is 0 Å². The second kappa shape index (κ2) is 26.6. The van der Waals surface area contributed by atoms with E-state index in [4.69, 9.17) is 37.9 Å². The van der Waals surface area contributed by atoms with Crippen molar-refractivity contribution in [2.24, 2.45) is 11.8 Å². The highest BCUT2D eigenvalue weighted by Crippen LogP contribution is 2.38. The molecule has 0 saturated carbocycles. The van der Waals surface area contributed by atoms with Gasteiger partial charge in [-0.1, -0.05) is 51.1 Å². The molecule has 4 rings (SSSR count). The lowest BCUT2D eigenvalue weighted by atomic mass is 9.82. The summed E-state index contributed by atoms with van der Waals surface area (Å²) in [5, 5.41) is 35.5. The van der Waals surface area contributed by atoms with Gasteiger partial charge in [-0.05, 0) is 97.8 Å². The van der Waals surface area contributed by atoms with Crippen LogP contribution in [0, 0.1) is 11.8 Å². The van der Waals surface area contributed by atoms with Gasteiger partial charge in [0.15, 0.2) is 18.7 Å². The molecule has 0 amide bonds. The topological polar surface area (TPSA) is 209 Å². The van der Waals surface area contributed by atoms with Gasteiger partial charge in [0.05, 0.1) is 36.9 Å². The van der Waals surface area contributed by atoms with Crippen LogP contribution < -0.4 is 0 Å². The van der Waals surface area contributed by atoms with Crippen molar-refractivity contribution in [1.82, 2.24) is 9.80 Å². The molecule has 376 valence electrons. The fourth-order valence-electron chi connectivity index (χ4n) is 9.54. The van der Waals surface area contributed by atoms with Crippen LogP contribution in [0.4, 0.5) is 0 Å². The minimum Gasteiger partial charge on any atom is -0.463 e. The monoisotopic (exact) mass is 937 g/mol. The van der Waals surface area contributed by atoms with Crippen LogP contribution in [0.5, 0.6) is 0 Å². The van der Waals surface area contributed by atoms with Gasteiger partial charge in [0.1, 0.15) is 42.4 Å². The predicted octanol–water partition coefficient (Wildman–Crippen LogP) is 3.98. The Kier molecular flexibility index (Phi) is 22.4. The lowest BCUT2D eigenvalue weighted by molar-refractivity contribution is -0.344. The number of rotatable bonds is 17. The summed E-state index contributed by atoms with van der Waals surface area (Å²) >= 11 is 0. The number of benzene rings is 1. The molecule has 0 bridgehead atoms. The summed E-state index contributed by atoms with van der Waals surface area (Å²) in [5.41, 5.74) is -0.234. The molecule has 0 aliphatic carbocycles. The first-order valence-corrected chi connectivity index (χ1v) is 24.0. The van der Waals surface area contributed by atoms with Gasteiger partial charge in [-0.25, -0.2) is 0 Å². The van der Waals surface area contributed by atoms with Crippen molar-refractivity contribution >= 4 is 24.2 Å². The molecule has 1 aromatic rings. The molecule has 17 heteroatoms. The molecule has 0 aromatic heterocycles. The Hall–Kier alpha value is -3.10. The average molecular weight is 937 g/mol. The van der Waals surface area contributed by atoms with Gasteiger partial charge in [0.2, 0.25) is 0 Å². The van der Waals surface area contributed by atoms with Crippen LogP contribution in [0.1, 0.15) is 112 Å². The first kappa shape index (κ1) is 55.5. The van der Waals surface area contributed by atoms with Crippen molar-refractivity contribution in [3.63, 3.8) is 0 Å². The highest BCUT2D eigenvalue weighted by Gasteiger charge is 2.53. The lowest BCUT2D eigenvalue weighted by Crippen LogP contribution is -2.66. The fraction of sp³-hybridized carbons (Fsp3) is 0.796. The molecule has 1 aromatic carbocycles. The Bertz CT molecular complexity index is 1630. The molecule has 0 radical (unpaired) electrons. The van der Waals surface area contributed by atoms with Crippen LogP contribution in [0.25, 0.3) is 0 Å². The van der Waals surface area contributed by atoms with Crippen molar-refractivity contribution in [3.05, 3.63) is 35.9 Å². The van der Waals surface area contributed by atoms with E-state index in [1.54, 1.807) is 60.5 Å². The maximum atomic E-state index is 13.7. The molecular weight excluding hydrogens is 857 g/mol. The molecule has 66 heavy (non-hydrogen) atoms. The minimum absolute atomic E-state index is 0.00339. The molecule has 0 unspecified atom stereocenters. The maximum Gasteiger partial charge on any atom is 0.309 e. The summed E-state index contributed by atoms with van der Waals surface area (Å²) in [4.78, 5) is 55.4. The molecule has 3 fully saturated rings. The molecule has 3 heterocycles. The number of ether oxygens (including phenoxy) is 8. The van der Waals surface area contributed by atoms with E-state index < -0.39 is 109 Å². The zero-order chi connectivity index (χ0) is 48.7. The van der Waals surface area contributed by atoms with Crippen LogP contribution >= 0.6 is 0 Å². The summed E-state index contributed by atoms with van der Waals surface area (Å²) in [6.07, 6.45) is -7.89. The lowest BCUT2D eigenvalue weighted by Gasteiger charge is -2.50. The third-order valence-electron chi connectivity index (χ3n) is 13.3. The zero-order valence-corrected chi connectivity index (χ0v) is 41.0. The van der Waals surface area contributed by atoms with Crippen molar-refractivity contribution in [2.45, 2.75) is 198 Å². The number of β-amino-alcohol motifs (C(OH)–C–C–N with tert-alkyl or cyclic N) is 1. The number of nitrogens with zero attached hydrogens (tertiary/aromatic N) is 2. The van der Waals surface area contributed by atoms with E-state index >= 15 is 0 Å². The number of carbonyl (C=O) groups excluding carboxylic acids is 4. The molecule has 3 saturated heterocycles. The standard InChI is InChI=1S/C49H80N2O15/c1-11-38(54)63-37-27-40(56)60-31(4)21-24-51(23-17-16-20-34-18-14-13-15-19-34)29-36(53)30(3)26-35(22-25-52)45(46(37)59-10)66-48-43(57)42(50(8)9)44(32(5)62-48)65-41-28-49(7,58)47(33(6)61-41)64-39(55)12-2/h13-15,18-19,25,30-33,35-37,41-48,53,57-58H,11-12,16-17,20-24,26-29H2,1-10H3/t30-,31-,32-,33+,35+,36+,37-,41+,42-,43-,44-,45+,46+,47+,48+,49-/m1/s1. The van der Waals surface area contributed by atoms with Crippen LogP contribution in [-0.2, 0) is 63.5 Å². The Labute approximate surface area is 392 Å². The van der Waals surface area contributed by atoms with Crippen LogP contribution in [0.2, 0.25) is 0 Å². The number of aliphatic hydroxyl groups excluding tert-OH is 2. The average Bonchev–Trinajstić information content (AvgIpc) is 3.26. The quantitative estimate of drug-likeness (QED) is 0.0874. The summed E-state index contributed by atoms with van der Waals surface area (Å²) < 4.78 is 49.3. The van der Waals surface area contributed by atoms with Crippen molar-refractivity contribution < 1.29 is 72.4 Å². The summed E-state index contributed by atoms with van der Waals surface area (Å²) in [6, 6.07) is 9.50. The third kappa shape index (κ3) is 16.0. The van der Waals surface area contributed by atoms with Gasteiger partial charge >= 0.3 is 17.9 Å². The Morgan fingerprint density at radius 1 is 0.939 bits per heavy atom. The van der Waals surface area contributed by atoms with Gasteiger partial charge in [-0.3, -0.25) is 14.4 Å². The number of aliphatic hydroxyl groups is 3. The number of esters is 3. The number of likely N-dealkylation sites (N-methyl/N-ethyl adjacent to an activating group) is 1. The van der Waals surface area contributed by atoms with Gasteiger partial charge < -0.3 is 67.8 Å². The molecule has 3 N–H and O–H groups in total. The smallest absolute Gasteiger partial charge is 0.309 e. The second-order valence-electron chi connectivity index (χ2n) is 19.0. The number of carbonyl (C=O) groups is 4. The van der Waals surface area contributed by atoms with Gasteiger partial charge in [0.25, 0.3) is 0 Å². The van der Waals surface area contributed by atoms with Crippen LogP contribution in [-0.4, -0.2) is 175 Å². The Morgan fingerprint density at radius 3 is 2.24 bits per heavy atom. The SMILES string of the molecule is CCC(=O)O[C@@H]1CC(=O)O[C@H](C)CCN(CCCCc2ccccc2)C[C@H](O)[C@H](C)C[C@H](CC=O)[C@H](O[C@@H]2O[C@H](C)[C@@H](O[C@H]3C[C@@](C)(O)[C@@H](OC(=O)CC)[C@H](C)O3)[C@H](N(C)C)[C@H]2O)[C@H]1OC. The van der Waals surface area contributed by atoms with E-state index in [0.29, 0.717) is 26.1 Å². The number of cyclic esters (lactones) is 1.